The molecule has 0 fully saturated rings. The van der Waals surface area contributed by atoms with Gasteiger partial charge in [-0.25, -0.2) is 4.79 Å². The third-order valence-corrected chi connectivity index (χ3v) is 4.61. The van der Waals surface area contributed by atoms with Gasteiger partial charge in [-0.05, 0) is 41.5 Å². The molecule has 0 aromatic heterocycles. The maximum absolute atomic E-state index is 12.2. The molecule has 0 radical (unpaired) electrons. The summed E-state index contributed by atoms with van der Waals surface area (Å²) in [5, 5.41) is 0. The molecule has 0 spiro atoms. The predicted molar refractivity (Wildman–Crippen MR) is 89.0 cm³/mol. The van der Waals surface area contributed by atoms with Crippen LogP contribution in [-0.4, -0.2) is 23.8 Å². The van der Waals surface area contributed by atoms with Crippen LogP contribution in [-0.2, 0) is 24.3 Å². The molecule has 114 valence electrons. The summed E-state index contributed by atoms with van der Waals surface area (Å²) in [7, 11) is 0. The monoisotopic (exact) mass is 313 g/mol. The molecule has 0 bridgehead atoms. The van der Waals surface area contributed by atoms with Gasteiger partial charge in [-0.3, -0.25) is 0 Å². The van der Waals surface area contributed by atoms with Crippen LogP contribution >= 0.6 is 11.8 Å². The molecule has 1 amide bonds. The van der Waals surface area contributed by atoms with Crippen molar-refractivity contribution in [1.82, 2.24) is 4.90 Å². The summed E-state index contributed by atoms with van der Waals surface area (Å²) >= 11 is 1.75. The van der Waals surface area contributed by atoms with E-state index < -0.39 is 0 Å². The van der Waals surface area contributed by atoms with Crippen LogP contribution in [0.4, 0.5) is 4.79 Å². The van der Waals surface area contributed by atoms with Crippen molar-refractivity contribution in [2.75, 3.05) is 12.8 Å². The zero-order chi connectivity index (χ0) is 15.4. The van der Waals surface area contributed by atoms with Gasteiger partial charge in [0.15, 0.2) is 0 Å². The SMILES string of the molecule is CSc1ccc2c(c1)CCN(C(=O)OCc1ccccc1)C2. The first-order valence-electron chi connectivity index (χ1n) is 7.37. The van der Waals surface area contributed by atoms with Gasteiger partial charge in [-0.15, -0.1) is 11.8 Å². The van der Waals surface area contributed by atoms with E-state index >= 15 is 0 Å². The Kier molecular flexibility index (Phi) is 4.68. The first-order chi connectivity index (χ1) is 10.8. The van der Waals surface area contributed by atoms with Crippen LogP contribution in [0.3, 0.4) is 0 Å². The first kappa shape index (κ1) is 15.0. The first-order valence-corrected chi connectivity index (χ1v) is 8.60. The average Bonchev–Trinajstić information content (AvgIpc) is 2.59. The van der Waals surface area contributed by atoms with Gasteiger partial charge >= 0.3 is 6.09 Å². The zero-order valence-corrected chi connectivity index (χ0v) is 13.4. The predicted octanol–water partition coefficient (Wildman–Crippen LogP) is 4.10. The van der Waals surface area contributed by atoms with Gasteiger partial charge in [0.1, 0.15) is 6.61 Å². The minimum absolute atomic E-state index is 0.233. The quantitative estimate of drug-likeness (QED) is 0.799. The van der Waals surface area contributed by atoms with Crippen molar-refractivity contribution in [2.24, 2.45) is 0 Å². The lowest BCUT2D eigenvalue weighted by Crippen LogP contribution is -2.36. The molecule has 0 aliphatic carbocycles. The Labute approximate surface area is 135 Å². The number of thioether (sulfide) groups is 1. The van der Waals surface area contributed by atoms with Crippen LogP contribution in [0.5, 0.6) is 0 Å². The molecule has 1 aliphatic heterocycles. The highest BCUT2D eigenvalue weighted by Gasteiger charge is 2.21. The van der Waals surface area contributed by atoms with Crippen LogP contribution < -0.4 is 0 Å². The number of fused-ring (bicyclic) bond motifs is 1. The van der Waals surface area contributed by atoms with Gasteiger partial charge in [0.25, 0.3) is 0 Å². The summed E-state index contributed by atoms with van der Waals surface area (Å²) in [6, 6.07) is 16.2. The van der Waals surface area contributed by atoms with E-state index in [1.54, 1.807) is 16.7 Å². The third kappa shape index (κ3) is 3.45. The molecular formula is C18H19NO2S. The van der Waals surface area contributed by atoms with Crippen LogP contribution in [0.2, 0.25) is 0 Å². The Morgan fingerprint density at radius 2 is 2.00 bits per heavy atom. The lowest BCUT2D eigenvalue weighted by Gasteiger charge is -2.28. The van der Waals surface area contributed by atoms with Crippen molar-refractivity contribution >= 4 is 17.9 Å². The Morgan fingerprint density at radius 1 is 1.18 bits per heavy atom. The van der Waals surface area contributed by atoms with Gasteiger partial charge in [0.05, 0.1) is 0 Å². The van der Waals surface area contributed by atoms with Crippen LogP contribution in [0.25, 0.3) is 0 Å². The summed E-state index contributed by atoms with van der Waals surface area (Å²) in [6.07, 6.45) is 2.74. The van der Waals surface area contributed by atoms with Crippen molar-refractivity contribution in [3.05, 3.63) is 65.2 Å². The molecule has 0 N–H and O–H groups in total. The van der Waals surface area contributed by atoms with E-state index in [9.17, 15) is 4.79 Å². The number of carbonyl (C=O) groups is 1. The summed E-state index contributed by atoms with van der Waals surface area (Å²) in [5.74, 6) is 0. The van der Waals surface area contributed by atoms with Gasteiger partial charge < -0.3 is 9.64 Å². The number of carbonyl (C=O) groups excluding carboxylic acids is 1. The summed E-state index contributed by atoms with van der Waals surface area (Å²) in [5.41, 5.74) is 3.58. The number of nitrogens with zero attached hydrogens (tertiary/aromatic N) is 1. The zero-order valence-electron chi connectivity index (χ0n) is 12.6. The molecule has 4 heteroatoms. The number of amides is 1. The highest BCUT2D eigenvalue weighted by molar-refractivity contribution is 7.98. The van der Waals surface area contributed by atoms with Gasteiger partial charge in [-0.1, -0.05) is 36.4 Å². The molecule has 0 atom stereocenters. The number of hydrogen-bond acceptors (Lipinski definition) is 3. The van der Waals surface area contributed by atoms with E-state index in [-0.39, 0.29) is 6.09 Å². The highest BCUT2D eigenvalue weighted by Crippen LogP contribution is 2.24. The normalized spacial score (nSPS) is 13.6. The molecule has 3 nitrogen and oxygen atoms in total. The molecule has 3 rings (SSSR count). The smallest absolute Gasteiger partial charge is 0.410 e. The second kappa shape index (κ2) is 6.88. The van der Waals surface area contributed by atoms with Gasteiger partial charge in [0, 0.05) is 18.0 Å². The van der Waals surface area contributed by atoms with Gasteiger partial charge in [-0.2, -0.15) is 0 Å². The molecule has 1 aliphatic rings. The van der Waals surface area contributed by atoms with E-state index in [0.717, 1.165) is 18.5 Å². The summed E-state index contributed by atoms with van der Waals surface area (Å²) in [4.78, 5) is 15.3. The minimum atomic E-state index is -0.233. The fourth-order valence-electron chi connectivity index (χ4n) is 2.62. The molecule has 2 aromatic rings. The maximum Gasteiger partial charge on any atom is 0.410 e. The number of rotatable bonds is 3. The van der Waals surface area contributed by atoms with E-state index in [1.807, 2.05) is 30.3 Å². The second-order valence-electron chi connectivity index (χ2n) is 5.35. The Balaban J connectivity index is 1.60. The van der Waals surface area contributed by atoms with Crippen molar-refractivity contribution < 1.29 is 9.53 Å². The number of ether oxygens (including phenoxy) is 1. The lowest BCUT2D eigenvalue weighted by atomic mass is 10.0. The van der Waals surface area contributed by atoms with E-state index in [2.05, 4.69) is 24.5 Å². The minimum Gasteiger partial charge on any atom is -0.445 e. The third-order valence-electron chi connectivity index (χ3n) is 3.89. The maximum atomic E-state index is 12.2. The molecule has 0 saturated carbocycles. The van der Waals surface area contributed by atoms with E-state index in [1.165, 1.54) is 16.0 Å². The molecule has 0 saturated heterocycles. The van der Waals surface area contributed by atoms with Crippen molar-refractivity contribution in [3.8, 4) is 0 Å². The fourth-order valence-corrected chi connectivity index (χ4v) is 3.09. The standard InChI is InChI=1S/C18H19NO2S/c1-22-17-8-7-16-12-19(10-9-15(16)11-17)18(20)21-13-14-5-3-2-4-6-14/h2-8,11H,9-10,12-13H2,1H3. The van der Waals surface area contributed by atoms with Crippen molar-refractivity contribution in [3.63, 3.8) is 0 Å². The average molecular weight is 313 g/mol. The topological polar surface area (TPSA) is 29.5 Å². The van der Waals surface area contributed by atoms with Crippen molar-refractivity contribution in [1.29, 1.82) is 0 Å². The van der Waals surface area contributed by atoms with Gasteiger partial charge in [0.2, 0.25) is 0 Å². The highest BCUT2D eigenvalue weighted by atomic mass is 32.2. The molecule has 1 heterocycles. The summed E-state index contributed by atoms with van der Waals surface area (Å²) in [6.45, 7) is 1.69. The number of hydrogen-bond donors (Lipinski definition) is 0. The molecule has 2 aromatic carbocycles. The number of benzene rings is 2. The van der Waals surface area contributed by atoms with E-state index in [4.69, 9.17) is 4.74 Å². The molecular weight excluding hydrogens is 294 g/mol. The fraction of sp³-hybridized carbons (Fsp3) is 0.278. The van der Waals surface area contributed by atoms with Crippen LogP contribution in [0.1, 0.15) is 16.7 Å². The van der Waals surface area contributed by atoms with E-state index in [0.29, 0.717) is 13.2 Å². The summed E-state index contributed by atoms with van der Waals surface area (Å²) < 4.78 is 5.41. The second-order valence-corrected chi connectivity index (χ2v) is 6.23. The molecule has 22 heavy (non-hydrogen) atoms. The lowest BCUT2D eigenvalue weighted by molar-refractivity contribution is 0.0918. The Hall–Kier alpha value is -1.94. The van der Waals surface area contributed by atoms with Crippen LogP contribution in [0, 0.1) is 0 Å². The Bertz CT molecular complexity index is 657. The Morgan fingerprint density at radius 3 is 2.77 bits per heavy atom. The molecule has 0 unspecified atom stereocenters. The van der Waals surface area contributed by atoms with Crippen molar-refractivity contribution in [2.45, 2.75) is 24.5 Å². The van der Waals surface area contributed by atoms with Crippen LogP contribution in [0.15, 0.2) is 53.4 Å². The largest absolute Gasteiger partial charge is 0.445 e.